The van der Waals surface area contributed by atoms with Crippen molar-refractivity contribution in [2.24, 2.45) is 11.7 Å². The van der Waals surface area contributed by atoms with Gasteiger partial charge in [0.1, 0.15) is 0 Å². The Morgan fingerprint density at radius 3 is 3.00 bits per heavy atom. The summed E-state index contributed by atoms with van der Waals surface area (Å²) >= 11 is 5.66. The molecule has 1 aliphatic heterocycles. The Hall–Kier alpha value is -0.870. The van der Waals surface area contributed by atoms with Crippen molar-refractivity contribution in [1.29, 1.82) is 0 Å². The number of anilines is 1. The second-order valence-electron chi connectivity index (χ2n) is 4.31. The van der Waals surface area contributed by atoms with Crippen molar-refractivity contribution < 1.29 is 4.39 Å². The molecule has 3 nitrogen and oxygen atoms in total. The van der Waals surface area contributed by atoms with Crippen molar-refractivity contribution in [2.45, 2.75) is 19.4 Å². The summed E-state index contributed by atoms with van der Waals surface area (Å²) in [6, 6.07) is 1.43. The van der Waals surface area contributed by atoms with Crippen molar-refractivity contribution in [2.75, 3.05) is 18.0 Å². The van der Waals surface area contributed by atoms with Gasteiger partial charge in [-0.3, -0.25) is 0 Å². The van der Waals surface area contributed by atoms with Crippen LogP contribution in [-0.4, -0.2) is 24.1 Å². The first kappa shape index (κ1) is 11.6. The highest BCUT2D eigenvalue weighted by Gasteiger charge is 2.27. The van der Waals surface area contributed by atoms with Crippen LogP contribution in [0.15, 0.2) is 12.3 Å². The van der Waals surface area contributed by atoms with Crippen LogP contribution in [0.3, 0.4) is 0 Å². The lowest BCUT2D eigenvalue weighted by Gasteiger charge is -2.19. The van der Waals surface area contributed by atoms with Crippen molar-refractivity contribution in [3.63, 3.8) is 0 Å². The van der Waals surface area contributed by atoms with E-state index >= 15 is 0 Å². The molecule has 1 aliphatic rings. The Kier molecular flexibility index (Phi) is 3.30. The molecule has 0 radical (unpaired) electrons. The lowest BCUT2D eigenvalue weighted by atomic mass is 10.0. The van der Waals surface area contributed by atoms with Gasteiger partial charge in [-0.2, -0.15) is 0 Å². The van der Waals surface area contributed by atoms with Gasteiger partial charge < -0.3 is 10.6 Å². The van der Waals surface area contributed by atoms with Crippen LogP contribution in [0.4, 0.5) is 10.2 Å². The monoisotopic (exact) mass is 243 g/mol. The molecule has 2 rings (SSSR count). The molecule has 2 unspecified atom stereocenters. The highest BCUT2D eigenvalue weighted by Crippen LogP contribution is 2.26. The van der Waals surface area contributed by atoms with Gasteiger partial charge in [0.15, 0.2) is 11.6 Å². The van der Waals surface area contributed by atoms with E-state index in [9.17, 15) is 4.39 Å². The summed E-state index contributed by atoms with van der Waals surface area (Å²) in [5, 5.41) is 0.323. The summed E-state index contributed by atoms with van der Waals surface area (Å²) in [5.74, 6) is 0.433. The molecule has 0 aliphatic carbocycles. The number of aromatic nitrogens is 1. The Labute approximate surface area is 99.4 Å². The van der Waals surface area contributed by atoms with Crippen molar-refractivity contribution in [3.05, 3.63) is 23.1 Å². The fourth-order valence-electron chi connectivity index (χ4n) is 2.05. The molecule has 2 atom stereocenters. The second-order valence-corrected chi connectivity index (χ2v) is 4.75. The summed E-state index contributed by atoms with van der Waals surface area (Å²) in [5.41, 5.74) is 5.84. The lowest BCUT2D eigenvalue weighted by molar-refractivity contribution is 0.487. The summed E-state index contributed by atoms with van der Waals surface area (Å²) < 4.78 is 13.6. The van der Waals surface area contributed by atoms with Crippen LogP contribution in [0, 0.1) is 11.7 Å². The van der Waals surface area contributed by atoms with Crippen molar-refractivity contribution in [3.8, 4) is 0 Å². The summed E-state index contributed by atoms with van der Waals surface area (Å²) in [4.78, 5) is 5.96. The molecule has 1 fully saturated rings. The van der Waals surface area contributed by atoms with E-state index in [1.165, 1.54) is 12.3 Å². The largest absolute Gasteiger partial charge is 0.354 e. The Bertz CT molecular complexity index is 383. The molecule has 0 saturated carbocycles. The normalized spacial score (nSPS) is 22.5. The standard InChI is InChI=1S/C11H15ClFN3/c1-7(14)8-2-3-16(6-8)11-10(13)4-9(12)5-15-11/h4-5,7-8H,2-3,6,14H2,1H3. The van der Waals surface area contributed by atoms with Gasteiger partial charge in [0.2, 0.25) is 0 Å². The molecule has 5 heteroatoms. The number of hydrogen-bond donors (Lipinski definition) is 1. The van der Waals surface area contributed by atoms with E-state index in [1.807, 2.05) is 11.8 Å². The smallest absolute Gasteiger partial charge is 0.167 e. The molecular weight excluding hydrogens is 229 g/mol. The maximum Gasteiger partial charge on any atom is 0.167 e. The van der Waals surface area contributed by atoms with Gasteiger partial charge in [-0.1, -0.05) is 11.6 Å². The topological polar surface area (TPSA) is 42.1 Å². The van der Waals surface area contributed by atoms with E-state index in [0.717, 1.165) is 19.5 Å². The predicted octanol–water partition coefficient (Wildman–Crippen LogP) is 2.05. The molecule has 1 aromatic rings. The van der Waals surface area contributed by atoms with Gasteiger partial charge in [0.05, 0.1) is 5.02 Å². The van der Waals surface area contributed by atoms with Crippen LogP contribution in [0.2, 0.25) is 5.02 Å². The Morgan fingerprint density at radius 2 is 2.44 bits per heavy atom. The van der Waals surface area contributed by atoms with E-state index in [-0.39, 0.29) is 11.9 Å². The molecule has 2 heterocycles. The summed E-state index contributed by atoms with van der Waals surface area (Å²) in [6.45, 7) is 3.56. The number of pyridine rings is 1. The SMILES string of the molecule is CC(N)C1CCN(c2ncc(Cl)cc2F)C1. The minimum absolute atomic E-state index is 0.139. The van der Waals surface area contributed by atoms with E-state index in [0.29, 0.717) is 16.8 Å². The minimum Gasteiger partial charge on any atom is -0.354 e. The fraction of sp³-hybridized carbons (Fsp3) is 0.545. The van der Waals surface area contributed by atoms with Crippen LogP contribution < -0.4 is 10.6 Å². The first-order valence-corrected chi connectivity index (χ1v) is 5.77. The van der Waals surface area contributed by atoms with Gasteiger partial charge in [0.25, 0.3) is 0 Å². The van der Waals surface area contributed by atoms with Crippen LogP contribution in [0.1, 0.15) is 13.3 Å². The van der Waals surface area contributed by atoms with Crippen LogP contribution >= 0.6 is 11.6 Å². The molecule has 88 valence electrons. The van der Waals surface area contributed by atoms with Crippen LogP contribution in [0.5, 0.6) is 0 Å². The maximum absolute atomic E-state index is 13.6. The number of nitrogens with zero attached hydrogens (tertiary/aromatic N) is 2. The third kappa shape index (κ3) is 2.28. The van der Waals surface area contributed by atoms with Crippen molar-refractivity contribution >= 4 is 17.4 Å². The third-order valence-corrected chi connectivity index (χ3v) is 3.26. The fourth-order valence-corrected chi connectivity index (χ4v) is 2.19. The Morgan fingerprint density at radius 1 is 1.69 bits per heavy atom. The zero-order valence-corrected chi connectivity index (χ0v) is 9.91. The van der Waals surface area contributed by atoms with Crippen LogP contribution in [-0.2, 0) is 0 Å². The quantitative estimate of drug-likeness (QED) is 0.865. The number of nitrogens with two attached hydrogens (primary N) is 1. The molecular formula is C11H15ClFN3. The molecule has 2 N–H and O–H groups in total. The summed E-state index contributed by atoms with van der Waals surface area (Å²) in [6.07, 6.45) is 2.46. The zero-order chi connectivity index (χ0) is 11.7. The van der Waals surface area contributed by atoms with E-state index < -0.39 is 0 Å². The molecule has 16 heavy (non-hydrogen) atoms. The number of hydrogen-bond acceptors (Lipinski definition) is 3. The van der Waals surface area contributed by atoms with E-state index in [1.54, 1.807) is 0 Å². The first-order valence-electron chi connectivity index (χ1n) is 5.39. The van der Waals surface area contributed by atoms with Crippen molar-refractivity contribution in [1.82, 2.24) is 4.98 Å². The van der Waals surface area contributed by atoms with Gasteiger partial charge >= 0.3 is 0 Å². The molecule has 1 saturated heterocycles. The molecule has 0 bridgehead atoms. The van der Waals surface area contributed by atoms with Gasteiger partial charge in [-0.25, -0.2) is 9.37 Å². The van der Waals surface area contributed by atoms with E-state index in [4.69, 9.17) is 17.3 Å². The molecule has 1 aromatic heterocycles. The predicted molar refractivity (Wildman–Crippen MR) is 63.2 cm³/mol. The Balaban J connectivity index is 2.14. The third-order valence-electron chi connectivity index (χ3n) is 3.06. The van der Waals surface area contributed by atoms with E-state index in [2.05, 4.69) is 4.98 Å². The van der Waals surface area contributed by atoms with Gasteiger partial charge in [-0.15, -0.1) is 0 Å². The lowest BCUT2D eigenvalue weighted by Crippen LogP contribution is -2.30. The second kappa shape index (κ2) is 4.55. The van der Waals surface area contributed by atoms with Gasteiger partial charge in [0, 0.05) is 25.3 Å². The highest BCUT2D eigenvalue weighted by atomic mass is 35.5. The van der Waals surface area contributed by atoms with Crippen LogP contribution in [0.25, 0.3) is 0 Å². The molecule has 0 spiro atoms. The summed E-state index contributed by atoms with van der Waals surface area (Å²) in [7, 11) is 0. The molecule has 0 amide bonds. The van der Waals surface area contributed by atoms with Gasteiger partial charge in [-0.05, 0) is 25.3 Å². The maximum atomic E-state index is 13.6. The highest BCUT2D eigenvalue weighted by molar-refractivity contribution is 6.30. The molecule has 0 aromatic carbocycles. The number of halogens is 2. The first-order chi connectivity index (χ1) is 7.58. The average Bonchev–Trinajstić information content (AvgIpc) is 2.66. The number of rotatable bonds is 2. The average molecular weight is 244 g/mol. The minimum atomic E-state index is -0.363. The zero-order valence-electron chi connectivity index (χ0n) is 9.16.